The van der Waals surface area contributed by atoms with Crippen LogP contribution in [-0.2, 0) is 13.4 Å². The molecule has 0 radical (unpaired) electrons. The van der Waals surface area contributed by atoms with Crippen LogP contribution < -0.4 is 25.3 Å². The van der Waals surface area contributed by atoms with Crippen LogP contribution in [0.3, 0.4) is 0 Å². The molecule has 1 unspecified atom stereocenters. The van der Waals surface area contributed by atoms with Crippen LogP contribution in [0.1, 0.15) is 23.5 Å². The lowest BCUT2D eigenvalue weighted by atomic mass is 10.0. The number of aryl methyl sites for hydroxylation is 3. The molecule has 28 heavy (non-hydrogen) atoms. The quantitative estimate of drug-likeness (QED) is 0.455. The summed E-state index contributed by atoms with van der Waals surface area (Å²) in [6.07, 6.45) is 0.566. The van der Waals surface area contributed by atoms with Crippen LogP contribution in [0.2, 0.25) is 26.2 Å². The Morgan fingerprint density at radius 2 is 1.50 bits per heavy atom. The number of hydrogen-bond acceptors (Lipinski definition) is 0. The van der Waals surface area contributed by atoms with Gasteiger partial charge in [-0.2, -0.15) is 0 Å². The predicted octanol–water partition coefficient (Wildman–Crippen LogP) is 3.01. The van der Waals surface area contributed by atoms with E-state index in [1.807, 2.05) is 17.7 Å². The Kier molecular flexibility index (Phi) is 3.49. The smallest absolute Gasteiger partial charge is 0.201 e. The molecule has 0 saturated heterocycles. The number of fused-ring (bicyclic) bond motifs is 2. The standard InChI is InChI=1S/C25H32NSi2/c1-8-19-13-14-21(26(3)17-19)20-16-25-24(15-18(20)2)27(4,5)22-11-9-10-12-23(22)28(25,6)7/h9-17H,8H2,1-7H3/q+1/i1D3,8D. The van der Waals surface area contributed by atoms with E-state index in [0.29, 0.717) is 5.56 Å². The molecule has 144 valence electrons. The van der Waals surface area contributed by atoms with E-state index in [1.165, 1.54) is 16.3 Å². The van der Waals surface area contributed by atoms with Gasteiger partial charge in [0.15, 0.2) is 6.20 Å². The third-order valence-electron chi connectivity index (χ3n) is 6.58. The molecule has 1 nitrogen and oxygen atoms in total. The normalized spacial score (nSPS) is 20.1. The minimum atomic E-state index is -2.32. The van der Waals surface area contributed by atoms with E-state index in [1.54, 1.807) is 27.8 Å². The number of rotatable bonds is 2. The number of nitrogens with zero attached hydrogens (tertiary/aromatic N) is 1. The maximum Gasteiger partial charge on any atom is 0.212 e. The molecule has 4 rings (SSSR count). The van der Waals surface area contributed by atoms with Crippen molar-refractivity contribution in [3.8, 4) is 11.3 Å². The second-order valence-corrected chi connectivity index (χ2v) is 17.8. The summed E-state index contributed by atoms with van der Waals surface area (Å²) in [5.41, 5.74) is 4.01. The maximum absolute atomic E-state index is 8.10. The Morgan fingerprint density at radius 1 is 0.893 bits per heavy atom. The summed E-state index contributed by atoms with van der Waals surface area (Å²) in [4.78, 5) is 0. The van der Waals surface area contributed by atoms with Crippen LogP contribution in [0.4, 0.5) is 0 Å². The Labute approximate surface area is 177 Å². The number of pyridine rings is 1. The highest BCUT2D eigenvalue weighted by Gasteiger charge is 2.44. The topological polar surface area (TPSA) is 3.88 Å². The van der Waals surface area contributed by atoms with Gasteiger partial charge in [0, 0.05) is 22.7 Å². The maximum atomic E-state index is 8.10. The van der Waals surface area contributed by atoms with Gasteiger partial charge in [0.25, 0.3) is 0 Å². The van der Waals surface area contributed by atoms with Crippen molar-refractivity contribution in [1.82, 2.24) is 0 Å². The molecule has 0 saturated carbocycles. The highest BCUT2D eigenvalue weighted by atomic mass is 28.3. The largest absolute Gasteiger partial charge is 0.212 e. The predicted molar refractivity (Wildman–Crippen MR) is 127 cm³/mol. The van der Waals surface area contributed by atoms with Crippen molar-refractivity contribution in [2.24, 2.45) is 7.05 Å². The molecule has 1 aliphatic heterocycles. The second-order valence-electron chi connectivity index (χ2n) is 9.11. The molecule has 0 aliphatic carbocycles. The molecule has 0 spiro atoms. The van der Waals surface area contributed by atoms with Crippen LogP contribution in [-0.4, -0.2) is 16.1 Å². The summed E-state index contributed by atoms with van der Waals surface area (Å²) >= 11 is 0. The van der Waals surface area contributed by atoms with Gasteiger partial charge in [-0.1, -0.05) is 84.1 Å². The lowest BCUT2D eigenvalue weighted by Gasteiger charge is -2.42. The van der Waals surface area contributed by atoms with Gasteiger partial charge in [0.05, 0.1) is 0 Å². The van der Waals surface area contributed by atoms with Gasteiger partial charge >= 0.3 is 0 Å². The summed E-state index contributed by atoms with van der Waals surface area (Å²) in [6, 6.07) is 17.7. The van der Waals surface area contributed by atoms with E-state index in [-0.39, 0.29) is 0 Å². The fourth-order valence-electron chi connectivity index (χ4n) is 4.88. The van der Waals surface area contributed by atoms with Gasteiger partial charge in [0.1, 0.15) is 23.2 Å². The zero-order valence-electron chi connectivity index (χ0n) is 21.7. The summed E-state index contributed by atoms with van der Waals surface area (Å²) in [5, 5.41) is 6.23. The zero-order chi connectivity index (χ0) is 23.6. The van der Waals surface area contributed by atoms with Gasteiger partial charge in [-0.05, 0) is 31.0 Å². The third kappa shape index (κ3) is 2.75. The number of aromatic nitrogens is 1. The molecule has 0 bridgehead atoms. The third-order valence-corrected chi connectivity index (χ3v) is 14.2. The highest BCUT2D eigenvalue weighted by Crippen LogP contribution is 2.23. The van der Waals surface area contributed by atoms with Crippen molar-refractivity contribution < 1.29 is 10.1 Å². The van der Waals surface area contributed by atoms with Crippen molar-refractivity contribution in [3.63, 3.8) is 0 Å². The molecule has 2 heterocycles. The van der Waals surface area contributed by atoms with Crippen molar-refractivity contribution in [1.29, 1.82) is 0 Å². The first-order chi connectivity index (χ1) is 14.8. The molecular weight excluding hydrogens is 370 g/mol. The molecule has 1 aliphatic rings. The van der Waals surface area contributed by atoms with Gasteiger partial charge in [-0.15, -0.1) is 0 Å². The van der Waals surface area contributed by atoms with Crippen LogP contribution in [0.25, 0.3) is 11.3 Å². The minimum Gasteiger partial charge on any atom is -0.201 e. The van der Waals surface area contributed by atoms with E-state index in [2.05, 4.69) is 69.5 Å². The van der Waals surface area contributed by atoms with E-state index < -0.39 is 29.4 Å². The highest BCUT2D eigenvalue weighted by molar-refractivity contribution is 7.16. The van der Waals surface area contributed by atoms with Crippen LogP contribution >= 0.6 is 0 Å². The van der Waals surface area contributed by atoms with Gasteiger partial charge in [-0.3, -0.25) is 0 Å². The molecule has 3 aromatic rings. The summed E-state index contributed by atoms with van der Waals surface area (Å²) in [5.74, 6) is 0. The lowest BCUT2D eigenvalue weighted by Crippen LogP contribution is -2.77. The first-order valence-electron chi connectivity index (χ1n) is 12.0. The zero-order valence-corrected chi connectivity index (χ0v) is 19.7. The minimum absolute atomic E-state index is 0.518. The van der Waals surface area contributed by atoms with Crippen LogP contribution in [0, 0.1) is 6.92 Å². The van der Waals surface area contributed by atoms with Crippen molar-refractivity contribution in [2.75, 3.05) is 0 Å². The Balaban J connectivity index is 1.89. The molecule has 1 aromatic heterocycles. The van der Waals surface area contributed by atoms with Gasteiger partial charge in [-0.25, -0.2) is 4.57 Å². The molecule has 3 heteroatoms. The Hall–Kier alpha value is -1.98. The molecule has 0 N–H and O–H groups in total. The molecule has 2 aromatic carbocycles. The van der Waals surface area contributed by atoms with E-state index in [9.17, 15) is 0 Å². The summed E-state index contributed by atoms with van der Waals surface area (Å²) in [6.45, 7) is 9.69. The fourth-order valence-corrected chi connectivity index (χ4v) is 14.3. The number of hydrogen-bond donors (Lipinski definition) is 0. The van der Waals surface area contributed by atoms with Crippen LogP contribution in [0.15, 0.2) is 54.7 Å². The first-order valence-corrected chi connectivity index (χ1v) is 15.9. The van der Waals surface area contributed by atoms with Gasteiger partial charge < -0.3 is 0 Å². The Bertz CT molecular complexity index is 1220. The van der Waals surface area contributed by atoms with E-state index in [4.69, 9.17) is 5.48 Å². The Morgan fingerprint density at radius 3 is 2.07 bits per heavy atom. The fraction of sp³-hybridized carbons (Fsp3) is 0.320. The average Bonchev–Trinajstić information content (AvgIpc) is 2.71. The van der Waals surface area contributed by atoms with Crippen LogP contribution in [0.5, 0.6) is 0 Å². The van der Waals surface area contributed by atoms with E-state index >= 15 is 0 Å². The van der Waals surface area contributed by atoms with Gasteiger partial charge in [0.2, 0.25) is 5.69 Å². The second kappa shape index (κ2) is 6.53. The SMILES string of the molecule is [2H]C(c1ccc(-c2cc3c(cc2C)[Si](C)(C)c2ccccc2[Si]3(C)C)[n+](C)c1)C([2H])([2H])[2H]. The van der Waals surface area contributed by atoms with Crippen molar-refractivity contribution in [3.05, 3.63) is 65.9 Å². The average molecular weight is 407 g/mol. The van der Waals surface area contributed by atoms with Crippen molar-refractivity contribution >= 4 is 36.9 Å². The monoisotopic (exact) mass is 406 g/mol. The molecular formula is C25H32NSi2+. The van der Waals surface area contributed by atoms with Crippen molar-refractivity contribution in [2.45, 2.75) is 46.4 Å². The lowest BCUT2D eigenvalue weighted by molar-refractivity contribution is -0.660. The molecule has 0 amide bonds. The van der Waals surface area contributed by atoms with E-state index in [0.717, 1.165) is 5.69 Å². The molecule has 1 atom stereocenters. The summed E-state index contributed by atoms with van der Waals surface area (Å²) in [7, 11) is -1.71. The molecule has 0 fully saturated rings. The first kappa shape index (κ1) is 14.9. The number of benzene rings is 2. The summed E-state index contributed by atoms with van der Waals surface area (Å²) < 4.78 is 32.8.